The highest BCUT2D eigenvalue weighted by molar-refractivity contribution is 7.71. The third-order valence-corrected chi connectivity index (χ3v) is 5.99. The molecule has 4 rings (SSSR count). The van der Waals surface area contributed by atoms with E-state index in [1.54, 1.807) is 12.4 Å². The third-order valence-electron chi connectivity index (χ3n) is 4.53. The molecule has 5 nitrogen and oxygen atoms in total. The van der Waals surface area contributed by atoms with E-state index in [9.17, 15) is 0 Å². The van der Waals surface area contributed by atoms with E-state index < -0.39 is 0 Å². The lowest BCUT2D eigenvalue weighted by atomic mass is 10.2. The smallest absolute Gasteiger partial charge is 0.199 e. The minimum absolute atomic E-state index is 0.485. The van der Waals surface area contributed by atoms with E-state index in [1.807, 2.05) is 39.8 Å². The van der Waals surface area contributed by atoms with Crippen molar-refractivity contribution in [1.82, 2.24) is 24.2 Å². The van der Waals surface area contributed by atoms with Gasteiger partial charge in [0.25, 0.3) is 0 Å². The van der Waals surface area contributed by atoms with Gasteiger partial charge in [-0.15, -0.1) is 11.3 Å². The van der Waals surface area contributed by atoms with Crippen LogP contribution in [0.4, 0.5) is 0 Å². The molecule has 24 heavy (non-hydrogen) atoms. The maximum atomic E-state index is 5.61. The Balaban J connectivity index is 1.62. The Hall–Kier alpha value is -1.83. The second-order valence-corrected chi connectivity index (χ2v) is 7.37. The van der Waals surface area contributed by atoms with Gasteiger partial charge in [0.15, 0.2) is 10.6 Å². The standard InChI is InChI=1S/C17H19N5S2/c1-20-16(13-6-8-18-9-7-13)19-22(17(20)23)12-21-10-2-4-14(21)15-5-3-11-24-15/h3,5-9,11,14H,2,4,10,12H2,1H3/t14-/m1/s1. The van der Waals surface area contributed by atoms with Crippen LogP contribution in [0.25, 0.3) is 11.4 Å². The number of nitrogens with zero attached hydrogens (tertiary/aromatic N) is 5. The SMILES string of the molecule is Cn1c(-c2ccncc2)nn(CN2CCC[C@@H]2c2cccs2)c1=S. The van der Waals surface area contributed by atoms with Gasteiger partial charge in [0.1, 0.15) is 0 Å². The van der Waals surface area contributed by atoms with Gasteiger partial charge in [0, 0.05) is 42.5 Å². The maximum Gasteiger partial charge on any atom is 0.199 e. The molecule has 0 unspecified atom stereocenters. The molecular formula is C17H19N5S2. The van der Waals surface area contributed by atoms with Crippen molar-refractivity contribution in [2.24, 2.45) is 7.05 Å². The number of thiophene rings is 1. The first-order valence-corrected chi connectivity index (χ1v) is 9.34. The molecule has 0 aliphatic carbocycles. The quantitative estimate of drug-likeness (QED) is 0.665. The Morgan fingerprint density at radius 2 is 2.12 bits per heavy atom. The summed E-state index contributed by atoms with van der Waals surface area (Å²) < 4.78 is 4.66. The van der Waals surface area contributed by atoms with E-state index in [-0.39, 0.29) is 0 Å². The number of hydrogen-bond acceptors (Lipinski definition) is 5. The van der Waals surface area contributed by atoms with Crippen molar-refractivity contribution < 1.29 is 0 Å². The minimum atomic E-state index is 0.485. The van der Waals surface area contributed by atoms with E-state index in [0.717, 1.165) is 29.4 Å². The maximum absolute atomic E-state index is 5.61. The summed E-state index contributed by atoms with van der Waals surface area (Å²) in [5.41, 5.74) is 1.04. The molecule has 0 amide bonds. The summed E-state index contributed by atoms with van der Waals surface area (Å²) in [6.07, 6.45) is 5.99. The van der Waals surface area contributed by atoms with E-state index >= 15 is 0 Å². The van der Waals surface area contributed by atoms with Crippen molar-refractivity contribution in [3.05, 3.63) is 51.7 Å². The summed E-state index contributed by atoms with van der Waals surface area (Å²) in [6, 6.07) is 8.77. The van der Waals surface area contributed by atoms with Gasteiger partial charge in [-0.2, -0.15) is 5.10 Å². The highest BCUT2D eigenvalue weighted by atomic mass is 32.1. The second kappa shape index (κ2) is 6.58. The molecule has 1 fully saturated rings. The van der Waals surface area contributed by atoms with Gasteiger partial charge < -0.3 is 4.57 Å². The van der Waals surface area contributed by atoms with Gasteiger partial charge in [0.2, 0.25) is 0 Å². The predicted octanol–water partition coefficient (Wildman–Crippen LogP) is 3.87. The molecule has 1 aliphatic heterocycles. The molecule has 1 saturated heterocycles. The van der Waals surface area contributed by atoms with Crippen LogP contribution in [0.1, 0.15) is 23.8 Å². The summed E-state index contributed by atoms with van der Waals surface area (Å²) in [5, 5.41) is 6.92. The summed E-state index contributed by atoms with van der Waals surface area (Å²) in [7, 11) is 1.97. The van der Waals surface area contributed by atoms with Crippen molar-refractivity contribution in [2.75, 3.05) is 6.54 Å². The van der Waals surface area contributed by atoms with Crippen LogP contribution in [0.3, 0.4) is 0 Å². The summed E-state index contributed by atoms with van der Waals surface area (Å²) in [5.74, 6) is 0.884. The van der Waals surface area contributed by atoms with Crippen molar-refractivity contribution >= 4 is 23.6 Å². The van der Waals surface area contributed by atoms with Crippen LogP contribution in [0.15, 0.2) is 42.0 Å². The largest absolute Gasteiger partial charge is 0.303 e. The van der Waals surface area contributed by atoms with E-state index in [4.69, 9.17) is 17.3 Å². The lowest BCUT2D eigenvalue weighted by Gasteiger charge is -2.23. The molecule has 0 saturated carbocycles. The first-order valence-electron chi connectivity index (χ1n) is 8.06. The normalized spacial score (nSPS) is 18.3. The minimum Gasteiger partial charge on any atom is -0.303 e. The van der Waals surface area contributed by atoms with Crippen LogP contribution < -0.4 is 0 Å². The number of hydrogen-bond donors (Lipinski definition) is 0. The monoisotopic (exact) mass is 357 g/mol. The van der Waals surface area contributed by atoms with Gasteiger partial charge in [-0.1, -0.05) is 6.07 Å². The van der Waals surface area contributed by atoms with Gasteiger partial charge in [-0.25, -0.2) is 4.68 Å². The first kappa shape index (κ1) is 15.7. The molecule has 3 aromatic heterocycles. The zero-order chi connectivity index (χ0) is 16.5. The Morgan fingerprint density at radius 1 is 1.29 bits per heavy atom. The van der Waals surface area contributed by atoms with Crippen molar-refractivity contribution in [3.8, 4) is 11.4 Å². The molecule has 0 N–H and O–H groups in total. The van der Waals surface area contributed by atoms with Crippen LogP contribution in [0.2, 0.25) is 0 Å². The molecule has 124 valence electrons. The fraction of sp³-hybridized carbons (Fsp3) is 0.353. The molecule has 0 aromatic carbocycles. The Bertz CT molecular complexity index is 866. The molecule has 0 spiro atoms. The number of aromatic nitrogens is 4. The lowest BCUT2D eigenvalue weighted by molar-refractivity contribution is 0.192. The molecular weight excluding hydrogens is 338 g/mol. The fourth-order valence-corrected chi connectivity index (χ4v) is 4.38. The van der Waals surface area contributed by atoms with E-state index in [1.165, 1.54) is 17.7 Å². The van der Waals surface area contributed by atoms with Crippen molar-refractivity contribution in [3.63, 3.8) is 0 Å². The Labute approximate surface area is 150 Å². The van der Waals surface area contributed by atoms with Gasteiger partial charge in [0.05, 0.1) is 6.67 Å². The highest BCUT2D eigenvalue weighted by Crippen LogP contribution is 2.34. The topological polar surface area (TPSA) is 38.9 Å². The summed E-state index contributed by atoms with van der Waals surface area (Å²) in [4.78, 5) is 7.99. The average Bonchev–Trinajstić information content (AvgIpc) is 3.33. The molecule has 3 aromatic rings. The zero-order valence-electron chi connectivity index (χ0n) is 13.5. The van der Waals surface area contributed by atoms with Crippen LogP contribution in [-0.2, 0) is 13.7 Å². The highest BCUT2D eigenvalue weighted by Gasteiger charge is 2.27. The third kappa shape index (κ3) is 2.83. The molecule has 4 heterocycles. The number of likely N-dealkylation sites (tertiary alicyclic amines) is 1. The molecule has 0 radical (unpaired) electrons. The second-order valence-electron chi connectivity index (χ2n) is 6.03. The number of pyridine rings is 1. The number of rotatable bonds is 4. The molecule has 1 atom stereocenters. The Morgan fingerprint density at radius 3 is 2.88 bits per heavy atom. The van der Waals surface area contributed by atoms with Crippen LogP contribution in [0, 0.1) is 4.77 Å². The lowest BCUT2D eigenvalue weighted by Crippen LogP contribution is -2.26. The van der Waals surface area contributed by atoms with Gasteiger partial charge >= 0.3 is 0 Å². The van der Waals surface area contributed by atoms with E-state index in [2.05, 4.69) is 27.4 Å². The summed E-state index contributed by atoms with van der Waals surface area (Å²) in [6.45, 7) is 1.83. The predicted molar refractivity (Wildman–Crippen MR) is 98.3 cm³/mol. The Kier molecular flexibility index (Phi) is 4.30. The van der Waals surface area contributed by atoms with Crippen LogP contribution >= 0.6 is 23.6 Å². The molecule has 0 bridgehead atoms. The van der Waals surface area contributed by atoms with Crippen molar-refractivity contribution in [2.45, 2.75) is 25.6 Å². The average molecular weight is 358 g/mol. The first-order chi connectivity index (χ1) is 11.7. The van der Waals surface area contributed by atoms with Gasteiger partial charge in [-0.05, 0) is 48.6 Å². The van der Waals surface area contributed by atoms with E-state index in [0.29, 0.717) is 6.04 Å². The zero-order valence-corrected chi connectivity index (χ0v) is 15.1. The molecule has 1 aliphatic rings. The van der Waals surface area contributed by atoms with Crippen LogP contribution in [-0.4, -0.2) is 30.8 Å². The summed E-state index contributed by atoms with van der Waals surface area (Å²) >= 11 is 7.45. The molecule has 7 heteroatoms. The van der Waals surface area contributed by atoms with Crippen molar-refractivity contribution in [1.29, 1.82) is 0 Å². The fourth-order valence-electron chi connectivity index (χ4n) is 3.30. The van der Waals surface area contributed by atoms with Crippen LogP contribution in [0.5, 0.6) is 0 Å². The van der Waals surface area contributed by atoms with Gasteiger partial charge in [-0.3, -0.25) is 9.88 Å².